The van der Waals surface area contributed by atoms with Crippen LogP contribution in [0.4, 0.5) is 0 Å². The van der Waals surface area contributed by atoms with E-state index in [0.29, 0.717) is 5.82 Å². The van der Waals surface area contributed by atoms with Gasteiger partial charge in [0, 0.05) is 34.6 Å². The van der Waals surface area contributed by atoms with Crippen LogP contribution in [0.5, 0.6) is 0 Å². The van der Waals surface area contributed by atoms with Gasteiger partial charge in [-0.1, -0.05) is 164 Å². The van der Waals surface area contributed by atoms with Gasteiger partial charge < -0.3 is 0 Å². The van der Waals surface area contributed by atoms with Gasteiger partial charge in [-0.05, 0) is 75.0 Å². The van der Waals surface area contributed by atoms with Crippen LogP contribution in [-0.2, 0) is 0 Å². The lowest BCUT2D eigenvalue weighted by atomic mass is 9.96. The molecule has 0 spiro atoms. The van der Waals surface area contributed by atoms with Crippen molar-refractivity contribution >= 4 is 10.8 Å². The van der Waals surface area contributed by atoms with E-state index >= 15 is 0 Å². The minimum absolute atomic E-state index is 0.707. The highest BCUT2D eigenvalue weighted by atomic mass is 14.9. The van der Waals surface area contributed by atoms with Gasteiger partial charge in [0.2, 0.25) is 0 Å². The normalized spacial score (nSPS) is 11.1. The van der Waals surface area contributed by atoms with Crippen LogP contribution >= 0.6 is 0 Å². The van der Waals surface area contributed by atoms with Gasteiger partial charge in [0.1, 0.15) is 0 Å². The second-order valence-corrected chi connectivity index (χ2v) is 14.1. The third kappa shape index (κ3) is 7.04. The molecule has 0 aliphatic rings. The molecule has 0 unspecified atom stereocenters. The number of rotatable bonds is 8. The summed E-state index contributed by atoms with van der Waals surface area (Å²) in [5.41, 5.74) is 14.7. The number of pyridine rings is 3. The Labute approximate surface area is 337 Å². The number of benzene rings is 6. The summed E-state index contributed by atoms with van der Waals surface area (Å²) >= 11 is 0. The summed E-state index contributed by atoms with van der Waals surface area (Å²) < 4.78 is 0. The van der Waals surface area contributed by atoms with Crippen LogP contribution < -0.4 is 0 Å². The fourth-order valence-electron chi connectivity index (χ4n) is 7.41. The Bertz CT molecular complexity index is 2940. The molecule has 0 amide bonds. The van der Waals surface area contributed by atoms with Crippen molar-refractivity contribution < 1.29 is 0 Å². The predicted octanol–water partition coefficient (Wildman–Crippen LogP) is 13.2. The number of aromatic nitrogens is 5. The SMILES string of the molecule is c1ccc(-c2cc(-c3ccc(-c4ccc(-c5ccc(-c6cc(-c7cccc8ccccc78)cc(-c7ccccn7)n6)nc5)cc4)cc3)nc(-c3ccccc3)n2)cc1. The monoisotopic (exact) mass is 741 g/mol. The van der Waals surface area contributed by atoms with E-state index in [1.54, 1.807) is 6.20 Å². The second kappa shape index (κ2) is 15.3. The maximum Gasteiger partial charge on any atom is 0.160 e. The van der Waals surface area contributed by atoms with Crippen molar-refractivity contribution in [1.29, 1.82) is 0 Å². The standard InChI is InChI=1S/C53H35N5/c1-3-13-40(14-4-1)49-34-50(58-53(57-49)42-15-5-2-6-16-42)41-27-25-37(26-28-41)36-21-23-38(24-22-36)43-29-30-48(55-35-43)52-33-44(32-51(56-52)47-20-9-10-31-54-47)46-19-11-17-39-12-7-8-18-45(39)46/h1-35H. The number of hydrogen-bond acceptors (Lipinski definition) is 5. The molecule has 5 nitrogen and oxygen atoms in total. The van der Waals surface area contributed by atoms with Gasteiger partial charge in [-0.3, -0.25) is 9.97 Å². The van der Waals surface area contributed by atoms with Crippen molar-refractivity contribution in [3.63, 3.8) is 0 Å². The molecule has 0 atom stereocenters. The third-order valence-electron chi connectivity index (χ3n) is 10.4. The van der Waals surface area contributed by atoms with Crippen LogP contribution in [0.2, 0.25) is 0 Å². The van der Waals surface area contributed by atoms with E-state index in [4.69, 9.17) is 19.9 Å². The molecular formula is C53H35N5. The Morgan fingerprint density at radius 3 is 1.45 bits per heavy atom. The summed E-state index contributed by atoms with van der Waals surface area (Å²) in [6, 6.07) is 68.9. The molecule has 0 fully saturated rings. The highest BCUT2D eigenvalue weighted by molar-refractivity contribution is 5.97. The average molecular weight is 742 g/mol. The minimum Gasteiger partial charge on any atom is -0.255 e. The fraction of sp³-hybridized carbons (Fsp3) is 0. The van der Waals surface area contributed by atoms with Gasteiger partial charge >= 0.3 is 0 Å². The van der Waals surface area contributed by atoms with Gasteiger partial charge in [0.25, 0.3) is 0 Å². The lowest BCUT2D eigenvalue weighted by Gasteiger charge is -2.12. The van der Waals surface area contributed by atoms with E-state index in [2.05, 4.69) is 138 Å². The summed E-state index contributed by atoms with van der Waals surface area (Å²) in [6.45, 7) is 0. The van der Waals surface area contributed by atoms with Gasteiger partial charge in [-0.25, -0.2) is 15.0 Å². The third-order valence-corrected chi connectivity index (χ3v) is 10.4. The first-order chi connectivity index (χ1) is 28.7. The highest BCUT2D eigenvalue weighted by Gasteiger charge is 2.14. The van der Waals surface area contributed by atoms with E-state index in [1.807, 2.05) is 72.9 Å². The Morgan fingerprint density at radius 1 is 0.276 bits per heavy atom. The predicted molar refractivity (Wildman–Crippen MR) is 236 cm³/mol. The van der Waals surface area contributed by atoms with Crippen molar-refractivity contribution in [3.05, 3.63) is 213 Å². The molecule has 4 aromatic heterocycles. The van der Waals surface area contributed by atoms with E-state index in [9.17, 15) is 0 Å². The Morgan fingerprint density at radius 2 is 0.810 bits per heavy atom. The Hall–Kier alpha value is -7.89. The van der Waals surface area contributed by atoms with Crippen molar-refractivity contribution in [1.82, 2.24) is 24.9 Å². The van der Waals surface area contributed by atoms with E-state index in [1.165, 1.54) is 10.8 Å². The van der Waals surface area contributed by atoms with Crippen LogP contribution in [0, 0.1) is 0 Å². The van der Waals surface area contributed by atoms with Crippen LogP contribution in [0.3, 0.4) is 0 Å². The first-order valence-electron chi connectivity index (χ1n) is 19.3. The maximum atomic E-state index is 5.06. The van der Waals surface area contributed by atoms with Crippen LogP contribution in [0.15, 0.2) is 213 Å². The van der Waals surface area contributed by atoms with Crippen LogP contribution in [0.25, 0.3) is 101 Å². The first-order valence-corrected chi connectivity index (χ1v) is 19.3. The van der Waals surface area contributed by atoms with E-state index in [-0.39, 0.29) is 0 Å². The van der Waals surface area contributed by atoms with Gasteiger partial charge in [0.15, 0.2) is 5.82 Å². The lowest BCUT2D eigenvalue weighted by Crippen LogP contribution is -1.95. The Balaban J connectivity index is 0.922. The minimum atomic E-state index is 0.707. The van der Waals surface area contributed by atoms with Crippen molar-refractivity contribution in [2.75, 3.05) is 0 Å². The lowest BCUT2D eigenvalue weighted by molar-refractivity contribution is 1.18. The second-order valence-electron chi connectivity index (χ2n) is 14.1. The molecule has 0 bridgehead atoms. The van der Waals surface area contributed by atoms with E-state index in [0.717, 1.165) is 84.2 Å². The van der Waals surface area contributed by atoms with Crippen LogP contribution in [0.1, 0.15) is 0 Å². The first kappa shape index (κ1) is 34.6. The van der Waals surface area contributed by atoms with Crippen LogP contribution in [-0.4, -0.2) is 24.9 Å². The molecular weight excluding hydrogens is 707 g/mol. The zero-order valence-electron chi connectivity index (χ0n) is 31.4. The van der Waals surface area contributed by atoms with Gasteiger partial charge in [0.05, 0.1) is 34.2 Å². The zero-order valence-corrected chi connectivity index (χ0v) is 31.4. The fourth-order valence-corrected chi connectivity index (χ4v) is 7.41. The van der Waals surface area contributed by atoms with Crippen molar-refractivity contribution in [3.8, 4) is 90.1 Å². The molecule has 58 heavy (non-hydrogen) atoms. The summed E-state index contributed by atoms with van der Waals surface area (Å²) in [4.78, 5) is 24.5. The molecule has 0 saturated heterocycles. The molecule has 10 aromatic rings. The molecule has 272 valence electrons. The number of fused-ring (bicyclic) bond motifs is 1. The molecule has 6 aromatic carbocycles. The topological polar surface area (TPSA) is 64.5 Å². The van der Waals surface area contributed by atoms with Crippen molar-refractivity contribution in [2.24, 2.45) is 0 Å². The number of hydrogen-bond donors (Lipinski definition) is 0. The molecule has 5 heteroatoms. The molecule has 4 heterocycles. The summed E-state index contributed by atoms with van der Waals surface area (Å²) in [5.74, 6) is 0.707. The average Bonchev–Trinajstić information content (AvgIpc) is 3.32. The molecule has 0 saturated carbocycles. The number of nitrogens with zero attached hydrogens (tertiary/aromatic N) is 5. The van der Waals surface area contributed by atoms with Gasteiger partial charge in [-0.15, -0.1) is 0 Å². The maximum absolute atomic E-state index is 5.06. The quantitative estimate of drug-likeness (QED) is 0.155. The largest absolute Gasteiger partial charge is 0.255 e. The summed E-state index contributed by atoms with van der Waals surface area (Å²) in [6.07, 6.45) is 3.73. The zero-order chi connectivity index (χ0) is 38.7. The highest BCUT2D eigenvalue weighted by Crippen LogP contribution is 2.35. The van der Waals surface area contributed by atoms with Gasteiger partial charge in [-0.2, -0.15) is 0 Å². The molecule has 0 radical (unpaired) electrons. The molecule has 0 aliphatic carbocycles. The Kier molecular flexibility index (Phi) is 9.14. The molecule has 0 aliphatic heterocycles. The smallest absolute Gasteiger partial charge is 0.160 e. The summed E-state index contributed by atoms with van der Waals surface area (Å²) in [5, 5.41) is 2.39. The molecule has 10 rings (SSSR count). The molecule has 0 N–H and O–H groups in total. The van der Waals surface area contributed by atoms with E-state index < -0.39 is 0 Å². The summed E-state index contributed by atoms with van der Waals surface area (Å²) in [7, 11) is 0. The van der Waals surface area contributed by atoms with Crippen molar-refractivity contribution in [2.45, 2.75) is 0 Å².